The van der Waals surface area contributed by atoms with Crippen molar-refractivity contribution in [3.8, 4) is 5.75 Å². The van der Waals surface area contributed by atoms with Crippen LogP contribution < -0.4 is 10.1 Å². The average Bonchev–Trinajstić information content (AvgIpc) is 3.36. The Labute approximate surface area is 166 Å². The van der Waals surface area contributed by atoms with Gasteiger partial charge in [0, 0.05) is 17.0 Å². The number of carbonyl (C=O) groups is 1. The summed E-state index contributed by atoms with van der Waals surface area (Å²) in [5.74, 6) is 0.411. The van der Waals surface area contributed by atoms with E-state index in [-0.39, 0.29) is 11.9 Å². The van der Waals surface area contributed by atoms with Crippen molar-refractivity contribution in [2.75, 3.05) is 5.32 Å². The number of hydrogen-bond acceptors (Lipinski definition) is 4. The molecule has 2 aromatic heterocycles. The normalized spacial score (nSPS) is 11.0. The molecule has 0 atom stereocenters. The van der Waals surface area contributed by atoms with Crippen LogP contribution in [0.4, 0.5) is 6.01 Å². The molecule has 0 aliphatic carbocycles. The van der Waals surface area contributed by atoms with E-state index in [1.807, 2.05) is 66.7 Å². The van der Waals surface area contributed by atoms with E-state index in [0.717, 1.165) is 22.2 Å². The van der Waals surface area contributed by atoms with Crippen molar-refractivity contribution in [1.29, 1.82) is 0 Å². The highest BCUT2D eigenvalue weighted by molar-refractivity contribution is 6.05. The second-order valence-electron chi connectivity index (χ2n) is 6.65. The fraction of sp³-hybridized carbons (Fsp3) is 0.0435. The summed E-state index contributed by atoms with van der Waals surface area (Å²) in [7, 11) is 0. The highest BCUT2D eigenvalue weighted by Gasteiger charge is 2.14. The molecular formula is C23H17N3O3. The number of hydrogen-bond donors (Lipinski definition) is 2. The monoisotopic (exact) mass is 383 g/mol. The molecule has 5 aromatic rings. The van der Waals surface area contributed by atoms with Crippen LogP contribution >= 0.6 is 0 Å². The Morgan fingerprint density at radius 3 is 2.69 bits per heavy atom. The lowest BCUT2D eigenvalue weighted by Gasteiger charge is -2.06. The number of nitrogens with one attached hydrogen (secondary N) is 2. The number of H-pyrrole nitrogens is 1. The minimum atomic E-state index is -0.320. The smallest absolute Gasteiger partial charge is 0.302 e. The summed E-state index contributed by atoms with van der Waals surface area (Å²) in [6, 6.07) is 25.0. The molecule has 2 heterocycles. The number of nitrogens with zero attached hydrogens (tertiary/aromatic N) is 1. The summed E-state index contributed by atoms with van der Waals surface area (Å²) in [6.07, 6.45) is 0. The van der Waals surface area contributed by atoms with Crippen LogP contribution in [0.25, 0.3) is 22.0 Å². The second-order valence-corrected chi connectivity index (χ2v) is 6.65. The van der Waals surface area contributed by atoms with Crippen molar-refractivity contribution in [1.82, 2.24) is 9.97 Å². The zero-order valence-corrected chi connectivity index (χ0v) is 15.4. The highest BCUT2D eigenvalue weighted by Crippen LogP contribution is 2.23. The van der Waals surface area contributed by atoms with Gasteiger partial charge in [-0.3, -0.25) is 10.1 Å². The van der Waals surface area contributed by atoms with Gasteiger partial charge in [0.05, 0.1) is 0 Å². The molecule has 6 heteroatoms. The van der Waals surface area contributed by atoms with Gasteiger partial charge in [-0.25, -0.2) is 0 Å². The standard InChI is InChI=1S/C23H17N3O3/c27-22(26-23-25-18-8-4-5-9-21(18)29-23)20-12-16-10-11-17(13-19(16)24-20)28-14-15-6-2-1-3-7-15/h1-13,24H,14H2,(H,25,26,27). The van der Waals surface area contributed by atoms with E-state index in [1.54, 1.807) is 12.1 Å². The number of carbonyl (C=O) groups excluding carboxylic acids is 1. The van der Waals surface area contributed by atoms with E-state index in [0.29, 0.717) is 23.4 Å². The van der Waals surface area contributed by atoms with E-state index in [4.69, 9.17) is 9.15 Å². The molecule has 0 spiro atoms. The van der Waals surface area contributed by atoms with Gasteiger partial charge >= 0.3 is 6.01 Å². The van der Waals surface area contributed by atoms with E-state index >= 15 is 0 Å². The first kappa shape index (κ1) is 17.1. The number of anilines is 1. The van der Waals surface area contributed by atoms with Crippen LogP contribution in [0.2, 0.25) is 0 Å². The fourth-order valence-electron chi connectivity index (χ4n) is 3.15. The van der Waals surface area contributed by atoms with Crippen molar-refractivity contribution >= 4 is 33.9 Å². The largest absolute Gasteiger partial charge is 0.489 e. The first-order chi connectivity index (χ1) is 14.2. The molecule has 0 fully saturated rings. The van der Waals surface area contributed by atoms with Gasteiger partial charge in [-0.15, -0.1) is 0 Å². The molecule has 2 N–H and O–H groups in total. The minimum Gasteiger partial charge on any atom is -0.489 e. The Bertz CT molecular complexity index is 1270. The number of para-hydroxylation sites is 2. The van der Waals surface area contributed by atoms with Crippen molar-refractivity contribution in [2.24, 2.45) is 0 Å². The number of ether oxygens (including phenoxy) is 1. The number of oxazole rings is 1. The highest BCUT2D eigenvalue weighted by atomic mass is 16.5. The molecule has 0 saturated heterocycles. The van der Waals surface area contributed by atoms with Gasteiger partial charge in [-0.1, -0.05) is 42.5 Å². The predicted molar refractivity (Wildman–Crippen MR) is 111 cm³/mol. The number of aromatic nitrogens is 2. The molecule has 0 unspecified atom stereocenters. The third kappa shape index (κ3) is 3.55. The molecule has 5 rings (SSSR count). The molecule has 0 radical (unpaired) electrons. The maximum absolute atomic E-state index is 12.6. The summed E-state index contributed by atoms with van der Waals surface area (Å²) in [5, 5.41) is 3.61. The third-order valence-electron chi connectivity index (χ3n) is 4.60. The van der Waals surface area contributed by atoms with E-state index in [9.17, 15) is 4.79 Å². The molecule has 1 amide bonds. The molecule has 29 heavy (non-hydrogen) atoms. The van der Waals surface area contributed by atoms with Gasteiger partial charge < -0.3 is 14.1 Å². The van der Waals surface area contributed by atoms with Gasteiger partial charge in [0.25, 0.3) is 5.91 Å². The van der Waals surface area contributed by atoms with Crippen molar-refractivity contribution in [3.05, 3.63) is 90.1 Å². The van der Waals surface area contributed by atoms with Crippen LogP contribution in [0.15, 0.2) is 83.3 Å². The van der Waals surface area contributed by atoms with Gasteiger partial charge in [0.2, 0.25) is 0 Å². The summed E-state index contributed by atoms with van der Waals surface area (Å²) in [6.45, 7) is 0.484. The van der Waals surface area contributed by atoms with Crippen LogP contribution in [0, 0.1) is 0 Å². The van der Waals surface area contributed by atoms with E-state index in [1.165, 1.54) is 0 Å². The minimum absolute atomic E-state index is 0.168. The fourth-order valence-corrected chi connectivity index (χ4v) is 3.15. The summed E-state index contributed by atoms with van der Waals surface area (Å²) >= 11 is 0. The topological polar surface area (TPSA) is 80.2 Å². The third-order valence-corrected chi connectivity index (χ3v) is 4.60. The Kier molecular flexibility index (Phi) is 4.22. The van der Waals surface area contributed by atoms with Crippen molar-refractivity contribution in [3.63, 3.8) is 0 Å². The van der Waals surface area contributed by atoms with Gasteiger partial charge in [0.1, 0.15) is 23.6 Å². The van der Waals surface area contributed by atoms with Crippen LogP contribution in [0.3, 0.4) is 0 Å². The summed E-state index contributed by atoms with van der Waals surface area (Å²) in [4.78, 5) is 20.0. The molecule has 0 aliphatic heterocycles. The number of amides is 1. The lowest BCUT2D eigenvalue weighted by molar-refractivity contribution is 0.102. The van der Waals surface area contributed by atoms with Crippen LogP contribution in [-0.4, -0.2) is 15.9 Å². The Balaban J connectivity index is 1.33. The zero-order chi connectivity index (χ0) is 19.6. The maximum Gasteiger partial charge on any atom is 0.302 e. The zero-order valence-electron chi connectivity index (χ0n) is 15.4. The van der Waals surface area contributed by atoms with Crippen LogP contribution in [0.1, 0.15) is 16.1 Å². The molecule has 0 saturated carbocycles. The molecule has 142 valence electrons. The lowest BCUT2D eigenvalue weighted by Crippen LogP contribution is -2.12. The first-order valence-electron chi connectivity index (χ1n) is 9.21. The second kappa shape index (κ2) is 7.16. The Hall–Kier alpha value is -4.06. The SMILES string of the molecule is O=C(Nc1nc2ccccc2o1)c1cc2ccc(OCc3ccccc3)cc2[nH]1. The van der Waals surface area contributed by atoms with Crippen LogP contribution in [-0.2, 0) is 6.61 Å². The molecule has 0 bridgehead atoms. The summed E-state index contributed by atoms with van der Waals surface area (Å²) < 4.78 is 11.4. The Morgan fingerprint density at radius 2 is 1.83 bits per heavy atom. The van der Waals surface area contributed by atoms with Gasteiger partial charge in [-0.2, -0.15) is 4.98 Å². The van der Waals surface area contributed by atoms with Gasteiger partial charge in [0.15, 0.2) is 5.58 Å². The number of fused-ring (bicyclic) bond motifs is 2. The molecular weight excluding hydrogens is 366 g/mol. The first-order valence-corrected chi connectivity index (χ1v) is 9.21. The number of benzene rings is 3. The predicted octanol–water partition coefficient (Wildman–Crippen LogP) is 5.14. The van der Waals surface area contributed by atoms with E-state index < -0.39 is 0 Å². The van der Waals surface area contributed by atoms with Gasteiger partial charge in [-0.05, 0) is 35.9 Å². The Morgan fingerprint density at radius 1 is 1.00 bits per heavy atom. The maximum atomic E-state index is 12.6. The van der Waals surface area contributed by atoms with Crippen LogP contribution in [0.5, 0.6) is 5.75 Å². The molecule has 3 aromatic carbocycles. The average molecular weight is 383 g/mol. The van der Waals surface area contributed by atoms with Crippen molar-refractivity contribution in [2.45, 2.75) is 6.61 Å². The van der Waals surface area contributed by atoms with E-state index in [2.05, 4.69) is 15.3 Å². The lowest BCUT2D eigenvalue weighted by atomic mass is 10.2. The number of rotatable bonds is 5. The molecule has 0 aliphatic rings. The molecule has 6 nitrogen and oxygen atoms in total. The summed E-state index contributed by atoms with van der Waals surface area (Å²) in [5.41, 5.74) is 3.65. The number of aromatic amines is 1. The quantitative estimate of drug-likeness (QED) is 0.440. The van der Waals surface area contributed by atoms with Crippen molar-refractivity contribution < 1.29 is 13.9 Å².